The van der Waals surface area contributed by atoms with Gasteiger partial charge in [0.1, 0.15) is 0 Å². The Hall–Kier alpha value is -1.66. The molecule has 0 N–H and O–H groups in total. The number of rotatable bonds is 3. The average molecular weight is 443 g/mol. The first-order valence-electron chi connectivity index (χ1n) is 6.56. The quantitative estimate of drug-likeness (QED) is 0.586. The second-order valence-electron chi connectivity index (χ2n) is 4.80. The van der Waals surface area contributed by atoms with Crippen molar-refractivity contribution in [2.45, 2.75) is 6.54 Å². The predicted octanol–water partition coefficient (Wildman–Crippen LogP) is 3.62. The minimum absolute atomic E-state index is 0.894. The summed E-state index contributed by atoms with van der Waals surface area (Å²) in [6, 6.07) is 21.1. The summed E-state index contributed by atoms with van der Waals surface area (Å²) < 4.78 is 5.76. The van der Waals surface area contributed by atoms with Gasteiger partial charge in [-0.25, -0.2) is 0 Å². The van der Waals surface area contributed by atoms with Gasteiger partial charge in [-0.05, 0) is 0 Å². The van der Waals surface area contributed by atoms with Gasteiger partial charge in [0.15, 0.2) is 0 Å². The number of benzene rings is 2. The Morgan fingerprint density at radius 1 is 0.900 bits per heavy atom. The number of hydrogen-bond donors (Lipinski definition) is 0. The van der Waals surface area contributed by atoms with Gasteiger partial charge in [-0.3, -0.25) is 0 Å². The topological polar surface area (TPSA) is 9.86 Å². The number of imidazole rings is 1. The molecule has 104 valence electrons. The van der Waals surface area contributed by atoms with Crippen LogP contribution in [0.15, 0.2) is 66.9 Å². The molecule has 0 fully saturated rings. The van der Waals surface area contributed by atoms with Crippen LogP contribution in [-0.4, -0.2) is 9.13 Å². The molecule has 0 saturated heterocycles. The minimum atomic E-state index is 0.894. The SMILES string of the molecule is Cn1cc(-c2ccccc2)n(Cc2ccccc2)[c]1=[Pt]. The van der Waals surface area contributed by atoms with Crippen LogP contribution in [-0.2, 0) is 32.9 Å². The zero-order valence-electron chi connectivity index (χ0n) is 11.3. The molecule has 20 heavy (non-hydrogen) atoms. The zero-order valence-corrected chi connectivity index (χ0v) is 13.5. The molecular formula is C17H16N2Pt. The molecule has 0 saturated carbocycles. The van der Waals surface area contributed by atoms with E-state index in [2.05, 4.69) is 102 Å². The second-order valence-corrected chi connectivity index (χ2v) is 5.82. The Morgan fingerprint density at radius 2 is 1.50 bits per heavy atom. The van der Waals surface area contributed by atoms with Crippen LogP contribution in [0.2, 0.25) is 0 Å². The normalized spacial score (nSPS) is 10.8. The summed E-state index contributed by atoms with van der Waals surface area (Å²) in [6.07, 6.45) is 2.20. The number of hydrogen-bond acceptors (Lipinski definition) is 0. The molecule has 0 spiro atoms. The van der Waals surface area contributed by atoms with Crippen molar-refractivity contribution < 1.29 is 19.4 Å². The van der Waals surface area contributed by atoms with E-state index in [1.807, 2.05) is 0 Å². The molecule has 2 nitrogen and oxygen atoms in total. The summed E-state index contributed by atoms with van der Waals surface area (Å²) in [6.45, 7) is 0.894. The van der Waals surface area contributed by atoms with Crippen molar-refractivity contribution in [1.29, 1.82) is 0 Å². The summed E-state index contributed by atoms with van der Waals surface area (Å²) in [7, 11) is 2.09. The van der Waals surface area contributed by atoms with E-state index in [1.54, 1.807) is 0 Å². The first-order valence-corrected chi connectivity index (χ1v) is 7.70. The standard InChI is InChI=1S/C17H16N2.Pt/c1-18-13-17(16-10-6-3-7-11-16)19(14-18)12-15-8-4-2-5-9-15;/h2-11,13H,12H2,1H3;. The Morgan fingerprint density at radius 3 is 2.15 bits per heavy atom. The molecule has 0 radical (unpaired) electrons. The van der Waals surface area contributed by atoms with Gasteiger partial charge in [-0.1, -0.05) is 0 Å². The summed E-state index contributed by atoms with van der Waals surface area (Å²) in [5, 5.41) is 0. The van der Waals surface area contributed by atoms with Crippen LogP contribution in [0.4, 0.5) is 0 Å². The molecule has 3 heteroatoms. The molecule has 3 rings (SSSR count). The first kappa shape index (κ1) is 13.3. The maximum atomic E-state index is 2.39. The van der Waals surface area contributed by atoms with E-state index in [-0.39, 0.29) is 0 Å². The average Bonchev–Trinajstić information content (AvgIpc) is 2.78. The van der Waals surface area contributed by atoms with Crippen LogP contribution in [0.3, 0.4) is 0 Å². The van der Waals surface area contributed by atoms with E-state index in [0.717, 1.165) is 6.54 Å². The van der Waals surface area contributed by atoms with E-state index >= 15 is 0 Å². The van der Waals surface area contributed by atoms with Crippen molar-refractivity contribution in [1.82, 2.24) is 9.13 Å². The Bertz CT molecular complexity index is 755. The van der Waals surface area contributed by atoms with Gasteiger partial charge in [-0.15, -0.1) is 0 Å². The van der Waals surface area contributed by atoms with Gasteiger partial charge in [0.05, 0.1) is 0 Å². The molecule has 2 aromatic carbocycles. The number of nitrogens with zero attached hydrogens (tertiary/aromatic N) is 2. The molecule has 0 amide bonds. The predicted molar refractivity (Wildman–Crippen MR) is 77.6 cm³/mol. The molecule has 0 aliphatic carbocycles. The molecule has 0 aliphatic heterocycles. The van der Waals surface area contributed by atoms with Gasteiger partial charge in [-0.2, -0.15) is 0 Å². The summed E-state index contributed by atoms with van der Waals surface area (Å²) in [5.74, 6) is 0. The van der Waals surface area contributed by atoms with Crippen LogP contribution in [0.5, 0.6) is 0 Å². The fraction of sp³-hybridized carbons (Fsp3) is 0.118. The van der Waals surface area contributed by atoms with Crippen molar-refractivity contribution in [3.63, 3.8) is 0 Å². The Balaban J connectivity index is 2.09. The molecule has 0 atom stereocenters. The van der Waals surface area contributed by atoms with Gasteiger partial charge < -0.3 is 0 Å². The molecule has 0 bridgehead atoms. The van der Waals surface area contributed by atoms with Crippen LogP contribution in [0.1, 0.15) is 5.56 Å². The molecule has 0 aliphatic rings. The van der Waals surface area contributed by atoms with E-state index in [4.69, 9.17) is 0 Å². The van der Waals surface area contributed by atoms with Crippen molar-refractivity contribution in [3.05, 3.63) is 76.2 Å². The number of aryl methyl sites for hydroxylation is 1. The van der Waals surface area contributed by atoms with Gasteiger partial charge in [0, 0.05) is 0 Å². The van der Waals surface area contributed by atoms with E-state index < -0.39 is 0 Å². The van der Waals surface area contributed by atoms with Gasteiger partial charge >= 0.3 is 130 Å². The van der Waals surface area contributed by atoms with E-state index in [1.165, 1.54) is 20.6 Å². The van der Waals surface area contributed by atoms with Crippen molar-refractivity contribution in [2.75, 3.05) is 0 Å². The summed E-state index contributed by atoms with van der Waals surface area (Å²) in [4.78, 5) is 0. The third kappa shape index (κ3) is 2.62. The zero-order chi connectivity index (χ0) is 13.9. The van der Waals surface area contributed by atoms with Crippen LogP contribution in [0, 0.1) is 3.80 Å². The van der Waals surface area contributed by atoms with E-state index in [9.17, 15) is 0 Å². The Labute approximate surface area is 129 Å². The molecule has 1 aromatic heterocycles. The van der Waals surface area contributed by atoms with E-state index in [0.29, 0.717) is 0 Å². The third-order valence-electron chi connectivity index (χ3n) is 3.34. The molecule has 0 unspecified atom stereocenters. The third-order valence-corrected chi connectivity index (χ3v) is 4.75. The van der Waals surface area contributed by atoms with Crippen molar-refractivity contribution in [2.24, 2.45) is 7.05 Å². The van der Waals surface area contributed by atoms with Gasteiger partial charge in [0.25, 0.3) is 0 Å². The van der Waals surface area contributed by atoms with Crippen LogP contribution < -0.4 is 0 Å². The fourth-order valence-corrected chi connectivity index (χ4v) is 2.94. The van der Waals surface area contributed by atoms with Crippen LogP contribution >= 0.6 is 0 Å². The Kier molecular flexibility index (Phi) is 3.84. The van der Waals surface area contributed by atoms with Crippen molar-refractivity contribution >= 4 is 0 Å². The number of aromatic nitrogens is 2. The maximum absolute atomic E-state index is 2.39. The molecule has 1 heterocycles. The molecule has 3 aromatic rings. The first-order chi connectivity index (χ1) is 9.75. The molecular weight excluding hydrogens is 427 g/mol. The second kappa shape index (κ2) is 5.76. The van der Waals surface area contributed by atoms with Gasteiger partial charge in [0.2, 0.25) is 0 Å². The summed E-state index contributed by atoms with van der Waals surface area (Å²) >= 11 is 2.39. The monoisotopic (exact) mass is 443 g/mol. The summed E-state index contributed by atoms with van der Waals surface area (Å²) in [5.41, 5.74) is 3.82. The van der Waals surface area contributed by atoms with Crippen LogP contribution in [0.25, 0.3) is 11.3 Å². The fourth-order valence-electron chi connectivity index (χ4n) is 2.34. The van der Waals surface area contributed by atoms with Crippen molar-refractivity contribution in [3.8, 4) is 11.3 Å².